The van der Waals surface area contributed by atoms with Crippen molar-refractivity contribution in [2.24, 2.45) is 13.0 Å². The average molecular weight is 537 g/mol. The van der Waals surface area contributed by atoms with Crippen LogP contribution in [-0.2, 0) is 19.9 Å². The Labute approximate surface area is 217 Å². The first-order chi connectivity index (χ1) is 17.7. The van der Waals surface area contributed by atoms with Crippen molar-refractivity contribution in [2.45, 2.75) is 57.2 Å². The molecule has 0 bridgehead atoms. The molecule has 0 atom stereocenters. The minimum atomic E-state index is -4.35. The van der Waals surface area contributed by atoms with Crippen LogP contribution in [0.25, 0.3) is 11.0 Å². The van der Waals surface area contributed by atoms with E-state index in [1.807, 2.05) is 18.2 Å². The van der Waals surface area contributed by atoms with Crippen LogP contribution in [0.5, 0.6) is 5.19 Å². The molecule has 1 aromatic carbocycles. The van der Waals surface area contributed by atoms with E-state index in [1.54, 1.807) is 11.7 Å². The van der Waals surface area contributed by atoms with Gasteiger partial charge in [-0.1, -0.05) is 22.6 Å². The van der Waals surface area contributed by atoms with Crippen molar-refractivity contribution >= 4 is 28.3 Å². The normalized spacial score (nSPS) is 21.0. The predicted octanol–water partition coefficient (Wildman–Crippen LogP) is 4.15. The molecule has 0 spiro atoms. The number of halogens is 3. The minimum Gasteiger partial charge on any atom is -0.460 e. The highest BCUT2D eigenvalue weighted by Crippen LogP contribution is 2.31. The lowest BCUT2D eigenvalue weighted by Crippen LogP contribution is -2.38. The molecule has 8 nitrogen and oxygen atoms in total. The van der Waals surface area contributed by atoms with Gasteiger partial charge in [0.05, 0.1) is 11.3 Å². The van der Waals surface area contributed by atoms with Crippen LogP contribution < -0.4 is 10.1 Å². The number of hydrogen-bond acceptors (Lipinski definition) is 7. The minimum absolute atomic E-state index is 0.0722. The fourth-order valence-electron chi connectivity index (χ4n) is 5.33. The molecule has 200 valence electrons. The van der Waals surface area contributed by atoms with Gasteiger partial charge in [0, 0.05) is 37.5 Å². The number of amides is 1. The van der Waals surface area contributed by atoms with Crippen LogP contribution in [0.15, 0.2) is 18.2 Å². The highest BCUT2D eigenvalue weighted by atomic mass is 32.1. The number of benzene rings is 1. The zero-order valence-corrected chi connectivity index (χ0v) is 21.6. The number of carbonyl (C=O) groups excluding carboxylic acids is 1. The molecule has 37 heavy (non-hydrogen) atoms. The topological polar surface area (TPSA) is 85.2 Å². The first-order valence-corrected chi connectivity index (χ1v) is 13.6. The SMILES string of the molecule is Cn1nnc2cccc(C(=O)NC3CCC(CCN4CCc5nc(OCC(F)(F)F)sc5CC4)CC3)c21. The maximum Gasteiger partial charge on any atom is 0.422 e. The number of rotatable bonds is 7. The van der Waals surface area contributed by atoms with Gasteiger partial charge in [0.1, 0.15) is 11.0 Å². The maximum atomic E-state index is 12.9. The van der Waals surface area contributed by atoms with Gasteiger partial charge in [-0.2, -0.15) is 13.2 Å². The Bertz CT molecular complexity index is 1210. The molecule has 3 heterocycles. The molecule has 0 saturated heterocycles. The van der Waals surface area contributed by atoms with E-state index in [4.69, 9.17) is 4.74 Å². The van der Waals surface area contributed by atoms with Crippen molar-refractivity contribution in [2.75, 3.05) is 26.2 Å². The zero-order valence-electron chi connectivity index (χ0n) is 20.8. The maximum absolute atomic E-state index is 12.9. The molecule has 12 heteroatoms. The first-order valence-electron chi connectivity index (χ1n) is 12.7. The van der Waals surface area contributed by atoms with E-state index in [9.17, 15) is 18.0 Å². The summed E-state index contributed by atoms with van der Waals surface area (Å²) in [6.45, 7) is 1.45. The molecule has 1 fully saturated rings. The van der Waals surface area contributed by atoms with Gasteiger partial charge in [-0.15, -0.1) is 5.10 Å². The molecule has 2 aliphatic rings. The van der Waals surface area contributed by atoms with Crippen molar-refractivity contribution < 1.29 is 22.7 Å². The Balaban J connectivity index is 1.04. The number of nitrogens with zero attached hydrogens (tertiary/aromatic N) is 5. The Morgan fingerprint density at radius 3 is 2.76 bits per heavy atom. The Kier molecular flexibility index (Phi) is 7.66. The molecule has 3 aromatic rings. The second kappa shape index (κ2) is 10.9. The molecule has 2 aromatic heterocycles. The second-order valence-electron chi connectivity index (χ2n) is 9.96. The highest BCUT2D eigenvalue weighted by molar-refractivity contribution is 7.13. The van der Waals surface area contributed by atoms with Gasteiger partial charge in [0.15, 0.2) is 6.61 Å². The summed E-state index contributed by atoms with van der Waals surface area (Å²) in [5.41, 5.74) is 2.95. The molecule has 1 amide bonds. The van der Waals surface area contributed by atoms with Gasteiger partial charge in [-0.3, -0.25) is 4.79 Å². The summed E-state index contributed by atoms with van der Waals surface area (Å²) in [5.74, 6) is 0.563. The Morgan fingerprint density at radius 1 is 1.19 bits per heavy atom. The van der Waals surface area contributed by atoms with Gasteiger partial charge in [0.25, 0.3) is 11.1 Å². The standard InChI is InChI=1S/C25H31F3N6O2S/c1-33-22-18(3-2-4-20(22)31-32-33)23(35)29-17-7-5-16(6-8-17)9-12-34-13-10-19-21(11-14-34)37-24(30-19)36-15-25(26,27)28/h2-4,16-17H,5-15H2,1H3,(H,29,35). The number of thiazole rings is 1. The molecule has 1 aliphatic heterocycles. The monoisotopic (exact) mass is 536 g/mol. The average Bonchev–Trinajstić information content (AvgIpc) is 3.40. The van der Waals surface area contributed by atoms with Gasteiger partial charge in [-0.25, -0.2) is 9.67 Å². The molecular weight excluding hydrogens is 505 g/mol. The summed E-state index contributed by atoms with van der Waals surface area (Å²) >= 11 is 1.24. The number of aryl methyl sites for hydroxylation is 1. The number of alkyl halides is 3. The third kappa shape index (κ3) is 6.40. The van der Waals surface area contributed by atoms with Crippen LogP contribution in [0.2, 0.25) is 0 Å². The Hall–Kier alpha value is -2.73. The fourth-order valence-corrected chi connectivity index (χ4v) is 6.28. The Morgan fingerprint density at radius 2 is 1.97 bits per heavy atom. The quantitative estimate of drug-likeness (QED) is 0.489. The highest BCUT2D eigenvalue weighted by Gasteiger charge is 2.30. The number of para-hydroxylation sites is 1. The van der Waals surface area contributed by atoms with E-state index in [-0.39, 0.29) is 17.1 Å². The van der Waals surface area contributed by atoms with Gasteiger partial charge in [0.2, 0.25) is 0 Å². The third-order valence-corrected chi connectivity index (χ3v) is 8.41. The molecule has 5 rings (SSSR count). The number of aromatic nitrogens is 4. The summed E-state index contributed by atoms with van der Waals surface area (Å²) in [5, 5.41) is 11.4. The molecule has 1 aliphatic carbocycles. The molecule has 1 saturated carbocycles. The first kappa shape index (κ1) is 25.9. The van der Waals surface area contributed by atoms with Crippen LogP contribution in [0, 0.1) is 5.92 Å². The lowest BCUT2D eigenvalue weighted by molar-refractivity contribution is -0.153. The lowest BCUT2D eigenvalue weighted by atomic mass is 9.84. The summed E-state index contributed by atoms with van der Waals surface area (Å²) in [6.07, 6.45) is 2.41. The van der Waals surface area contributed by atoms with E-state index in [2.05, 4.69) is 25.5 Å². The summed E-state index contributed by atoms with van der Waals surface area (Å²) in [4.78, 5) is 20.7. The largest absolute Gasteiger partial charge is 0.460 e. The van der Waals surface area contributed by atoms with Crippen LogP contribution in [0.3, 0.4) is 0 Å². The summed E-state index contributed by atoms with van der Waals surface area (Å²) in [7, 11) is 1.79. The van der Waals surface area contributed by atoms with Crippen LogP contribution >= 0.6 is 11.3 Å². The van der Waals surface area contributed by atoms with Gasteiger partial charge < -0.3 is 15.0 Å². The van der Waals surface area contributed by atoms with Crippen LogP contribution in [0.1, 0.15) is 53.0 Å². The molecule has 0 radical (unpaired) electrons. The third-order valence-electron chi connectivity index (χ3n) is 7.34. The lowest BCUT2D eigenvalue weighted by Gasteiger charge is -2.30. The molecule has 1 N–H and O–H groups in total. The van der Waals surface area contributed by atoms with Crippen LogP contribution in [0.4, 0.5) is 13.2 Å². The van der Waals surface area contributed by atoms with E-state index in [1.165, 1.54) is 11.3 Å². The predicted molar refractivity (Wildman–Crippen MR) is 134 cm³/mol. The summed E-state index contributed by atoms with van der Waals surface area (Å²) in [6, 6.07) is 5.68. The smallest absolute Gasteiger partial charge is 0.422 e. The number of ether oxygens (including phenoxy) is 1. The van der Waals surface area contributed by atoms with Gasteiger partial charge >= 0.3 is 6.18 Å². The van der Waals surface area contributed by atoms with Crippen molar-refractivity contribution in [3.63, 3.8) is 0 Å². The molecule has 0 unspecified atom stereocenters. The van der Waals surface area contributed by atoms with Crippen molar-refractivity contribution in [1.82, 2.24) is 30.2 Å². The van der Waals surface area contributed by atoms with Crippen LogP contribution in [-0.4, -0.2) is 69.2 Å². The van der Waals surface area contributed by atoms with E-state index < -0.39 is 12.8 Å². The second-order valence-corrected chi connectivity index (χ2v) is 11.0. The van der Waals surface area contributed by atoms with E-state index in [0.29, 0.717) is 17.0 Å². The summed E-state index contributed by atoms with van der Waals surface area (Å²) < 4.78 is 43.7. The van der Waals surface area contributed by atoms with Crippen molar-refractivity contribution in [3.8, 4) is 5.19 Å². The van der Waals surface area contributed by atoms with E-state index >= 15 is 0 Å². The van der Waals surface area contributed by atoms with Gasteiger partial charge in [-0.05, 0) is 63.1 Å². The number of carbonyl (C=O) groups is 1. The van der Waals surface area contributed by atoms with E-state index in [0.717, 1.165) is 80.7 Å². The molecular formula is C25H31F3N6O2S. The number of nitrogens with one attached hydrogen (secondary N) is 1. The number of hydrogen-bond donors (Lipinski definition) is 1. The number of fused-ring (bicyclic) bond motifs is 2. The zero-order chi connectivity index (χ0) is 26.0. The fraction of sp³-hybridized carbons (Fsp3) is 0.600. The van der Waals surface area contributed by atoms with Crippen molar-refractivity contribution in [3.05, 3.63) is 34.3 Å². The van der Waals surface area contributed by atoms with Crippen molar-refractivity contribution in [1.29, 1.82) is 0 Å².